The van der Waals surface area contributed by atoms with E-state index in [1.807, 2.05) is 29.2 Å². The van der Waals surface area contributed by atoms with Gasteiger partial charge in [0.05, 0.1) is 30.2 Å². The SMILES string of the molecule is FC(F)(F)c1ccc2c(c1)N(CCCCN1CCOCC1)c1ccccc1O2. The van der Waals surface area contributed by atoms with Crippen molar-refractivity contribution in [2.75, 3.05) is 44.3 Å². The first-order valence-electron chi connectivity index (χ1n) is 9.58. The van der Waals surface area contributed by atoms with Crippen molar-refractivity contribution in [3.05, 3.63) is 48.0 Å². The van der Waals surface area contributed by atoms with Crippen LogP contribution in [0, 0.1) is 0 Å². The number of benzene rings is 2. The fraction of sp³-hybridized carbons (Fsp3) is 0.429. The molecule has 7 heteroatoms. The van der Waals surface area contributed by atoms with Crippen molar-refractivity contribution in [2.45, 2.75) is 19.0 Å². The van der Waals surface area contributed by atoms with Crippen LogP contribution < -0.4 is 9.64 Å². The highest BCUT2D eigenvalue weighted by atomic mass is 19.4. The molecule has 28 heavy (non-hydrogen) atoms. The van der Waals surface area contributed by atoms with Gasteiger partial charge in [-0.2, -0.15) is 13.2 Å². The first-order valence-corrected chi connectivity index (χ1v) is 9.58. The van der Waals surface area contributed by atoms with Gasteiger partial charge in [-0.3, -0.25) is 4.90 Å². The molecule has 0 saturated carbocycles. The number of para-hydroxylation sites is 2. The first-order chi connectivity index (χ1) is 13.5. The van der Waals surface area contributed by atoms with Gasteiger partial charge in [0, 0.05) is 19.6 Å². The summed E-state index contributed by atoms with van der Waals surface area (Å²) in [5.41, 5.74) is 0.619. The van der Waals surface area contributed by atoms with Gasteiger partial charge in [-0.05, 0) is 49.7 Å². The molecule has 2 aliphatic rings. The van der Waals surface area contributed by atoms with Crippen molar-refractivity contribution in [1.82, 2.24) is 4.90 Å². The summed E-state index contributed by atoms with van der Waals surface area (Å²) in [5.74, 6) is 1.13. The van der Waals surface area contributed by atoms with Crippen LogP contribution in [0.1, 0.15) is 18.4 Å². The molecule has 0 N–H and O–H groups in total. The monoisotopic (exact) mass is 392 g/mol. The van der Waals surface area contributed by atoms with Crippen molar-refractivity contribution in [3.8, 4) is 11.5 Å². The van der Waals surface area contributed by atoms with E-state index in [0.29, 0.717) is 23.7 Å². The van der Waals surface area contributed by atoms with Crippen molar-refractivity contribution in [3.63, 3.8) is 0 Å². The zero-order valence-electron chi connectivity index (χ0n) is 15.5. The Morgan fingerprint density at radius 3 is 2.36 bits per heavy atom. The summed E-state index contributed by atoms with van der Waals surface area (Å²) in [6.07, 6.45) is -2.52. The minimum Gasteiger partial charge on any atom is -0.453 e. The Morgan fingerprint density at radius 1 is 0.857 bits per heavy atom. The Kier molecular flexibility index (Phi) is 5.46. The minimum absolute atomic E-state index is 0.458. The summed E-state index contributed by atoms with van der Waals surface area (Å²) >= 11 is 0. The van der Waals surface area contributed by atoms with E-state index in [-0.39, 0.29) is 0 Å². The Labute approximate surface area is 162 Å². The predicted molar refractivity (Wildman–Crippen MR) is 101 cm³/mol. The summed E-state index contributed by atoms with van der Waals surface area (Å²) < 4.78 is 50.9. The molecule has 0 atom stereocenters. The number of rotatable bonds is 5. The number of halogens is 3. The maximum Gasteiger partial charge on any atom is 0.416 e. The smallest absolute Gasteiger partial charge is 0.416 e. The van der Waals surface area contributed by atoms with E-state index in [2.05, 4.69) is 4.90 Å². The van der Waals surface area contributed by atoms with Crippen molar-refractivity contribution < 1.29 is 22.6 Å². The first kappa shape index (κ1) is 19.1. The van der Waals surface area contributed by atoms with Gasteiger partial charge in [0.2, 0.25) is 0 Å². The Bertz CT molecular complexity index is 820. The number of fused-ring (bicyclic) bond motifs is 2. The molecule has 1 saturated heterocycles. The highest BCUT2D eigenvalue weighted by molar-refractivity contribution is 5.78. The summed E-state index contributed by atoms with van der Waals surface area (Å²) in [4.78, 5) is 4.31. The van der Waals surface area contributed by atoms with Gasteiger partial charge in [0.15, 0.2) is 11.5 Å². The second-order valence-electron chi connectivity index (χ2n) is 7.06. The second-order valence-corrected chi connectivity index (χ2v) is 7.06. The van der Waals surface area contributed by atoms with E-state index in [9.17, 15) is 13.2 Å². The highest BCUT2D eigenvalue weighted by Gasteiger charge is 2.33. The normalized spacial score (nSPS) is 17.0. The fourth-order valence-corrected chi connectivity index (χ4v) is 3.68. The molecule has 0 radical (unpaired) electrons. The van der Waals surface area contributed by atoms with Gasteiger partial charge in [0.1, 0.15) is 0 Å². The molecule has 4 rings (SSSR count). The van der Waals surface area contributed by atoms with Crippen LogP contribution in [0.5, 0.6) is 11.5 Å². The molecule has 0 unspecified atom stereocenters. The molecule has 2 aliphatic heterocycles. The van der Waals surface area contributed by atoms with Gasteiger partial charge in [0.25, 0.3) is 0 Å². The lowest BCUT2D eigenvalue weighted by atomic mass is 10.1. The molecule has 2 aromatic carbocycles. The maximum absolute atomic E-state index is 13.2. The van der Waals surface area contributed by atoms with Gasteiger partial charge in [-0.25, -0.2) is 0 Å². The molecular formula is C21H23F3N2O2. The van der Waals surface area contributed by atoms with Gasteiger partial charge >= 0.3 is 6.18 Å². The molecular weight excluding hydrogens is 369 g/mol. The average Bonchev–Trinajstić information content (AvgIpc) is 2.70. The van der Waals surface area contributed by atoms with Crippen LogP contribution in [0.15, 0.2) is 42.5 Å². The number of nitrogens with zero attached hydrogens (tertiary/aromatic N) is 2. The third-order valence-corrected chi connectivity index (χ3v) is 5.16. The van der Waals surface area contributed by atoms with E-state index >= 15 is 0 Å². The molecule has 2 aromatic rings. The van der Waals surface area contributed by atoms with Crippen LogP contribution in [0.4, 0.5) is 24.5 Å². The van der Waals surface area contributed by atoms with Crippen molar-refractivity contribution in [1.29, 1.82) is 0 Å². The molecule has 1 fully saturated rings. The Morgan fingerprint density at radius 2 is 1.57 bits per heavy atom. The Hall–Kier alpha value is -2.25. The topological polar surface area (TPSA) is 24.9 Å². The third kappa shape index (κ3) is 4.10. The number of morpholine rings is 1. The molecule has 0 bridgehead atoms. The van der Waals surface area contributed by atoms with E-state index < -0.39 is 11.7 Å². The van der Waals surface area contributed by atoms with Crippen LogP contribution in [0.2, 0.25) is 0 Å². The summed E-state index contributed by atoms with van der Waals surface area (Å²) in [6.45, 7) is 5.04. The van der Waals surface area contributed by atoms with Gasteiger partial charge in [-0.15, -0.1) is 0 Å². The number of anilines is 2. The molecule has 0 aromatic heterocycles. The minimum atomic E-state index is -4.38. The lowest BCUT2D eigenvalue weighted by molar-refractivity contribution is -0.137. The second kappa shape index (κ2) is 8.01. The van der Waals surface area contributed by atoms with Crippen molar-refractivity contribution >= 4 is 11.4 Å². The zero-order valence-corrected chi connectivity index (χ0v) is 15.5. The number of hydrogen-bond donors (Lipinski definition) is 0. The lowest BCUT2D eigenvalue weighted by Crippen LogP contribution is -2.37. The highest BCUT2D eigenvalue weighted by Crippen LogP contribution is 2.48. The van der Waals surface area contributed by atoms with Gasteiger partial charge in [-0.1, -0.05) is 12.1 Å². The number of ether oxygens (including phenoxy) is 2. The molecule has 0 aliphatic carbocycles. The van der Waals surface area contributed by atoms with Crippen LogP contribution in [0.25, 0.3) is 0 Å². The van der Waals surface area contributed by atoms with Crippen LogP contribution in [-0.2, 0) is 10.9 Å². The van der Waals surface area contributed by atoms with E-state index in [1.165, 1.54) is 12.1 Å². The molecule has 0 amide bonds. The predicted octanol–water partition coefficient (Wildman–Crippen LogP) is 5.06. The third-order valence-electron chi connectivity index (χ3n) is 5.16. The zero-order chi connectivity index (χ0) is 19.6. The Balaban J connectivity index is 1.51. The van der Waals surface area contributed by atoms with Crippen LogP contribution in [-0.4, -0.2) is 44.3 Å². The maximum atomic E-state index is 13.2. The van der Waals surface area contributed by atoms with E-state index in [4.69, 9.17) is 9.47 Å². The molecule has 150 valence electrons. The quantitative estimate of drug-likeness (QED) is 0.664. The molecule has 4 nitrogen and oxygen atoms in total. The fourth-order valence-electron chi connectivity index (χ4n) is 3.68. The van der Waals surface area contributed by atoms with Crippen LogP contribution >= 0.6 is 0 Å². The molecule has 2 heterocycles. The van der Waals surface area contributed by atoms with E-state index in [0.717, 1.165) is 57.4 Å². The lowest BCUT2D eigenvalue weighted by Gasteiger charge is -2.33. The summed E-state index contributed by atoms with van der Waals surface area (Å²) in [6, 6.07) is 11.1. The van der Waals surface area contributed by atoms with Gasteiger partial charge < -0.3 is 14.4 Å². The number of unbranched alkanes of at least 4 members (excludes halogenated alkanes) is 1. The molecule has 0 spiro atoms. The average molecular weight is 392 g/mol. The summed E-state index contributed by atoms with van der Waals surface area (Å²) in [7, 11) is 0. The number of alkyl halides is 3. The largest absolute Gasteiger partial charge is 0.453 e. The van der Waals surface area contributed by atoms with E-state index in [1.54, 1.807) is 0 Å². The van der Waals surface area contributed by atoms with Crippen LogP contribution in [0.3, 0.4) is 0 Å². The van der Waals surface area contributed by atoms with Crippen molar-refractivity contribution in [2.24, 2.45) is 0 Å². The summed E-state index contributed by atoms with van der Waals surface area (Å²) in [5, 5.41) is 0. The standard InChI is InChI=1S/C21H23F3N2O2/c22-21(23,24)16-7-8-20-18(15-16)26(17-5-1-2-6-19(17)28-20)10-4-3-9-25-11-13-27-14-12-25/h1-2,5-8,15H,3-4,9-14H2. The number of hydrogen-bond acceptors (Lipinski definition) is 4.